The minimum Gasteiger partial charge on any atom is -0.481 e. The molecule has 0 aliphatic carbocycles. The van der Waals surface area contributed by atoms with Crippen LogP contribution in [0.15, 0.2) is 17.2 Å². The maximum Gasteiger partial charge on any atom is 0.278 e. The van der Waals surface area contributed by atoms with Crippen molar-refractivity contribution in [3.8, 4) is 5.88 Å². The number of hydrogen-bond acceptors (Lipinski definition) is 5. The van der Waals surface area contributed by atoms with Crippen molar-refractivity contribution in [1.82, 2.24) is 4.98 Å². The molecule has 0 fully saturated rings. The van der Waals surface area contributed by atoms with Crippen LogP contribution < -0.4 is 10.1 Å². The first-order valence-corrected chi connectivity index (χ1v) is 6.42. The molecule has 0 atom stereocenters. The maximum atomic E-state index is 11.1. The minimum absolute atomic E-state index is 0.0467. The zero-order valence-corrected chi connectivity index (χ0v) is 10.1. The topological polar surface area (TPSA) is 85.4 Å². The molecule has 0 spiro atoms. The van der Waals surface area contributed by atoms with E-state index in [1.54, 1.807) is 0 Å². The van der Waals surface area contributed by atoms with Crippen LogP contribution in [0.4, 0.5) is 5.69 Å². The second kappa shape index (κ2) is 4.67. The molecule has 88 valence electrons. The van der Waals surface area contributed by atoms with Gasteiger partial charge in [0.15, 0.2) is 5.03 Å². The SMILES string of the molecule is COc1cc(NC(C)=O)cc(S(=O)(=O)Cl)n1. The van der Waals surface area contributed by atoms with Crippen molar-refractivity contribution < 1.29 is 17.9 Å². The van der Waals surface area contributed by atoms with Gasteiger partial charge in [-0.3, -0.25) is 4.79 Å². The van der Waals surface area contributed by atoms with Crippen LogP contribution in [0.1, 0.15) is 6.92 Å². The van der Waals surface area contributed by atoms with E-state index in [9.17, 15) is 13.2 Å². The van der Waals surface area contributed by atoms with E-state index in [2.05, 4.69) is 10.3 Å². The molecular weight excluding hydrogens is 256 g/mol. The van der Waals surface area contributed by atoms with E-state index in [-0.39, 0.29) is 22.5 Å². The lowest BCUT2D eigenvalue weighted by atomic mass is 10.4. The number of carbonyl (C=O) groups excluding carboxylic acids is 1. The summed E-state index contributed by atoms with van der Waals surface area (Å²) in [5.74, 6) is -0.295. The Kier molecular flexibility index (Phi) is 3.71. The smallest absolute Gasteiger partial charge is 0.278 e. The van der Waals surface area contributed by atoms with Gasteiger partial charge in [0.25, 0.3) is 9.05 Å². The Morgan fingerprint density at radius 2 is 2.12 bits per heavy atom. The quantitative estimate of drug-likeness (QED) is 0.823. The number of nitrogens with zero attached hydrogens (tertiary/aromatic N) is 1. The summed E-state index contributed by atoms with van der Waals surface area (Å²) >= 11 is 0. The van der Waals surface area contributed by atoms with Gasteiger partial charge < -0.3 is 10.1 Å². The van der Waals surface area contributed by atoms with E-state index in [1.807, 2.05) is 0 Å². The summed E-state index contributed by atoms with van der Waals surface area (Å²) in [6, 6.07) is 2.53. The number of nitrogens with one attached hydrogen (secondary N) is 1. The van der Waals surface area contributed by atoms with Gasteiger partial charge >= 0.3 is 0 Å². The molecule has 16 heavy (non-hydrogen) atoms. The number of carbonyl (C=O) groups is 1. The molecule has 1 N–H and O–H groups in total. The van der Waals surface area contributed by atoms with E-state index >= 15 is 0 Å². The van der Waals surface area contributed by atoms with E-state index in [0.29, 0.717) is 0 Å². The molecule has 1 amide bonds. The summed E-state index contributed by atoms with van der Waals surface area (Å²) in [6.45, 7) is 1.29. The molecule has 1 heterocycles. The summed E-state index contributed by atoms with van der Waals surface area (Å²) in [7, 11) is 2.50. The predicted molar refractivity (Wildman–Crippen MR) is 58.1 cm³/mol. The van der Waals surface area contributed by atoms with Gasteiger partial charge in [0.1, 0.15) is 0 Å². The lowest BCUT2D eigenvalue weighted by Crippen LogP contribution is -2.08. The van der Waals surface area contributed by atoms with Crippen LogP contribution in [0.5, 0.6) is 5.88 Å². The third-order valence-electron chi connectivity index (χ3n) is 1.56. The molecule has 0 aliphatic heterocycles. The highest BCUT2D eigenvalue weighted by Crippen LogP contribution is 2.22. The van der Waals surface area contributed by atoms with Gasteiger partial charge in [-0.15, -0.1) is 0 Å². The Morgan fingerprint density at radius 1 is 1.50 bits per heavy atom. The minimum atomic E-state index is -3.96. The van der Waals surface area contributed by atoms with E-state index in [4.69, 9.17) is 15.4 Å². The summed E-state index contributed by atoms with van der Waals surface area (Å²) in [6.07, 6.45) is 0. The second-order valence-corrected chi connectivity index (χ2v) is 5.37. The molecule has 8 heteroatoms. The fourth-order valence-electron chi connectivity index (χ4n) is 0.986. The Balaban J connectivity index is 3.26. The van der Waals surface area contributed by atoms with Gasteiger partial charge in [0.05, 0.1) is 7.11 Å². The molecule has 1 rings (SSSR count). The number of pyridine rings is 1. The van der Waals surface area contributed by atoms with Crippen molar-refractivity contribution in [2.75, 3.05) is 12.4 Å². The van der Waals surface area contributed by atoms with E-state index < -0.39 is 9.05 Å². The Hall–Kier alpha value is -1.34. The van der Waals surface area contributed by atoms with Crippen molar-refractivity contribution in [3.63, 3.8) is 0 Å². The number of methoxy groups -OCH3 is 1. The monoisotopic (exact) mass is 264 g/mol. The number of rotatable bonds is 3. The highest BCUT2D eigenvalue weighted by molar-refractivity contribution is 8.13. The summed E-state index contributed by atoms with van der Waals surface area (Å²) in [4.78, 5) is 14.5. The normalized spacial score (nSPS) is 10.9. The molecule has 0 saturated heterocycles. The van der Waals surface area contributed by atoms with Gasteiger partial charge in [-0.1, -0.05) is 0 Å². The zero-order chi connectivity index (χ0) is 12.3. The van der Waals surface area contributed by atoms with Crippen LogP contribution in [0.2, 0.25) is 0 Å². The maximum absolute atomic E-state index is 11.1. The van der Waals surface area contributed by atoms with Gasteiger partial charge in [-0.25, -0.2) is 13.4 Å². The van der Waals surface area contributed by atoms with Crippen molar-refractivity contribution >= 4 is 31.3 Å². The van der Waals surface area contributed by atoms with Crippen molar-refractivity contribution in [1.29, 1.82) is 0 Å². The Labute approximate surface area is 97.0 Å². The first kappa shape index (κ1) is 12.7. The van der Waals surface area contributed by atoms with E-state index in [1.165, 1.54) is 20.1 Å². The van der Waals surface area contributed by atoms with Crippen LogP contribution in [0.25, 0.3) is 0 Å². The zero-order valence-electron chi connectivity index (χ0n) is 8.52. The fraction of sp³-hybridized carbons (Fsp3) is 0.250. The molecule has 1 aromatic rings. The number of ether oxygens (including phenoxy) is 1. The molecule has 0 aromatic carbocycles. The number of hydrogen-bond donors (Lipinski definition) is 1. The summed E-state index contributed by atoms with van der Waals surface area (Å²) in [5, 5.41) is 2.03. The van der Waals surface area contributed by atoms with Gasteiger partial charge in [-0.2, -0.15) is 0 Å². The average Bonchev–Trinajstić information content (AvgIpc) is 2.14. The fourth-order valence-corrected chi connectivity index (χ4v) is 1.69. The van der Waals surface area contributed by atoms with E-state index in [0.717, 1.165) is 6.07 Å². The van der Waals surface area contributed by atoms with Crippen molar-refractivity contribution in [3.05, 3.63) is 12.1 Å². The molecule has 0 aliphatic rings. The molecule has 0 radical (unpaired) electrons. The summed E-state index contributed by atoms with van der Waals surface area (Å²) in [5.41, 5.74) is 0.249. The van der Waals surface area contributed by atoms with Gasteiger partial charge in [-0.05, 0) is 0 Å². The third-order valence-corrected chi connectivity index (χ3v) is 2.74. The highest BCUT2D eigenvalue weighted by atomic mass is 35.7. The van der Waals surface area contributed by atoms with Gasteiger partial charge in [0, 0.05) is 35.4 Å². The summed E-state index contributed by atoms with van der Waals surface area (Å²) < 4.78 is 26.9. The number of anilines is 1. The molecule has 1 aromatic heterocycles. The first-order chi connectivity index (χ1) is 7.32. The van der Waals surface area contributed by atoms with Crippen molar-refractivity contribution in [2.24, 2.45) is 0 Å². The lowest BCUT2D eigenvalue weighted by molar-refractivity contribution is -0.114. The molecule has 0 bridgehead atoms. The van der Waals surface area contributed by atoms with Gasteiger partial charge in [0.2, 0.25) is 11.8 Å². The first-order valence-electron chi connectivity index (χ1n) is 4.11. The number of halogens is 1. The predicted octanol–water partition coefficient (Wildman–Crippen LogP) is 0.976. The van der Waals surface area contributed by atoms with Crippen LogP contribution >= 0.6 is 10.7 Å². The van der Waals surface area contributed by atoms with Crippen LogP contribution in [0.3, 0.4) is 0 Å². The number of amides is 1. The molecule has 6 nitrogen and oxygen atoms in total. The van der Waals surface area contributed by atoms with Crippen LogP contribution in [-0.4, -0.2) is 26.4 Å². The highest BCUT2D eigenvalue weighted by Gasteiger charge is 2.15. The standard InChI is InChI=1S/C8H9ClN2O4S/c1-5(12)10-6-3-7(15-2)11-8(4-6)16(9,13)14/h3-4H,1-2H3,(H,10,11,12). The Morgan fingerprint density at radius 3 is 2.56 bits per heavy atom. The molecular formula is C8H9ClN2O4S. The third kappa shape index (κ3) is 3.35. The average molecular weight is 265 g/mol. The van der Waals surface area contributed by atoms with Crippen molar-refractivity contribution in [2.45, 2.75) is 11.9 Å². The number of aromatic nitrogens is 1. The van der Waals surface area contributed by atoms with Crippen LogP contribution in [0, 0.1) is 0 Å². The lowest BCUT2D eigenvalue weighted by Gasteiger charge is -2.06. The Bertz CT molecular complexity index is 515. The second-order valence-electron chi connectivity index (χ2n) is 2.86. The van der Waals surface area contributed by atoms with Crippen LogP contribution in [-0.2, 0) is 13.8 Å². The largest absolute Gasteiger partial charge is 0.481 e. The molecule has 0 saturated carbocycles. The molecule has 0 unspecified atom stereocenters.